The van der Waals surface area contributed by atoms with Crippen molar-refractivity contribution < 1.29 is 14.5 Å². The maximum Gasteiger partial charge on any atom is 0.271 e. The van der Waals surface area contributed by atoms with Crippen LogP contribution in [0.4, 0.5) is 5.69 Å². The number of hydrogen-bond donors (Lipinski definition) is 1. The molecule has 0 aromatic heterocycles. The molecule has 0 aliphatic heterocycles. The van der Waals surface area contributed by atoms with Crippen LogP contribution in [0.1, 0.15) is 22.8 Å². The molecule has 1 amide bonds. The third-order valence-electron chi connectivity index (χ3n) is 2.98. The smallest absolute Gasteiger partial charge is 0.271 e. The van der Waals surface area contributed by atoms with E-state index in [0.717, 1.165) is 15.8 Å². The van der Waals surface area contributed by atoms with E-state index in [1.807, 2.05) is 13.0 Å². The Balaban J connectivity index is 1.99. The molecule has 0 spiro atoms. The van der Waals surface area contributed by atoms with E-state index >= 15 is 0 Å². The number of carbonyl (C=O) groups is 1. The maximum absolute atomic E-state index is 11.9. The Bertz CT molecular complexity index is 775. The molecule has 2 aromatic rings. The van der Waals surface area contributed by atoms with Gasteiger partial charge in [-0.3, -0.25) is 14.9 Å². The Morgan fingerprint density at radius 3 is 2.62 bits per heavy atom. The fourth-order valence-corrected chi connectivity index (χ4v) is 2.35. The maximum atomic E-state index is 11.9. The molecule has 8 heteroatoms. The molecule has 24 heavy (non-hydrogen) atoms. The molecule has 0 aliphatic rings. The molecule has 124 valence electrons. The number of rotatable bonds is 6. The minimum atomic E-state index is -0.524. The summed E-state index contributed by atoms with van der Waals surface area (Å²) < 4.78 is 6.20. The number of ether oxygens (including phenoxy) is 1. The summed E-state index contributed by atoms with van der Waals surface area (Å²) >= 11 is 3.40. The van der Waals surface area contributed by atoms with E-state index < -0.39 is 10.8 Å². The number of halogens is 1. The molecule has 0 aliphatic carbocycles. The molecule has 1 N–H and O–H groups in total. The van der Waals surface area contributed by atoms with Gasteiger partial charge in [-0.2, -0.15) is 5.10 Å². The first-order valence-corrected chi connectivity index (χ1v) is 7.80. The van der Waals surface area contributed by atoms with Gasteiger partial charge in [0.15, 0.2) is 0 Å². The number of nitro groups is 1. The Hall–Kier alpha value is -2.74. The number of nitrogens with zero attached hydrogens (tertiary/aromatic N) is 2. The van der Waals surface area contributed by atoms with Crippen molar-refractivity contribution in [3.05, 3.63) is 68.2 Å². The summed E-state index contributed by atoms with van der Waals surface area (Å²) in [5.41, 5.74) is 3.35. The van der Waals surface area contributed by atoms with Gasteiger partial charge >= 0.3 is 0 Å². The third kappa shape index (κ3) is 4.63. The second-order valence-corrected chi connectivity index (χ2v) is 5.48. The van der Waals surface area contributed by atoms with Gasteiger partial charge in [0.2, 0.25) is 0 Å². The van der Waals surface area contributed by atoms with Crippen LogP contribution in [0.5, 0.6) is 5.75 Å². The van der Waals surface area contributed by atoms with E-state index in [0.29, 0.717) is 6.61 Å². The monoisotopic (exact) mass is 391 g/mol. The lowest BCUT2D eigenvalue weighted by Crippen LogP contribution is -2.17. The quantitative estimate of drug-likeness (QED) is 0.462. The lowest BCUT2D eigenvalue weighted by molar-refractivity contribution is -0.384. The van der Waals surface area contributed by atoms with Crippen LogP contribution in [0.25, 0.3) is 0 Å². The summed E-state index contributed by atoms with van der Waals surface area (Å²) in [4.78, 5) is 21.9. The number of nitro benzene ring substituents is 1. The van der Waals surface area contributed by atoms with Gasteiger partial charge < -0.3 is 4.74 Å². The van der Waals surface area contributed by atoms with Crippen molar-refractivity contribution >= 4 is 33.7 Å². The second-order valence-electron chi connectivity index (χ2n) is 4.63. The predicted molar refractivity (Wildman–Crippen MR) is 93.5 cm³/mol. The van der Waals surface area contributed by atoms with Crippen LogP contribution >= 0.6 is 15.9 Å². The zero-order valence-electron chi connectivity index (χ0n) is 12.7. The van der Waals surface area contributed by atoms with Gasteiger partial charge in [-0.05, 0) is 58.7 Å². The summed E-state index contributed by atoms with van der Waals surface area (Å²) in [5, 5.41) is 14.4. The van der Waals surface area contributed by atoms with E-state index in [2.05, 4.69) is 26.5 Å². The van der Waals surface area contributed by atoms with Crippen molar-refractivity contribution in [2.45, 2.75) is 6.92 Å². The third-order valence-corrected chi connectivity index (χ3v) is 3.60. The standard InChI is InChI=1S/C16H14BrN3O4/c1-2-24-15-8-3-11(9-14(15)17)10-18-19-16(21)12-4-6-13(7-5-12)20(22)23/h3-10H,2H2,1H3,(H,19,21)/b18-10-. The molecule has 7 nitrogen and oxygen atoms in total. The average Bonchev–Trinajstić information content (AvgIpc) is 2.57. The van der Waals surface area contributed by atoms with Crippen LogP contribution in [0.3, 0.4) is 0 Å². The summed E-state index contributed by atoms with van der Waals surface area (Å²) in [6, 6.07) is 10.7. The van der Waals surface area contributed by atoms with Gasteiger partial charge in [0.05, 0.1) is 22.2 Å². The molecule has 0 radical (unpaired) electrons. The Labute approximate surface area is 146 Å². The highest BCUT2D eigenvalue weighted by molar-refractivity contribution is 9.10. The van der Waals surface area contributed by atoms with Crippen molar-refractivity contribution in [3.8, 4) is 5.75 Å². The highest BCUT2D eigenvalue weighted by Crippen LogP contribution is 2.25. The molecular weight excluding hydrogens is 378 g/mol. The summed E-state index contributed by atoms with van der Waals surface area (Å²) in [5.74, 6) is 0.274. The highest BCUT2D eigenvalue weighted by Gasteiger charge is 2.08. The molecule has 2 rings (SSSR count). The topological polar surface area (TPSA) is 93.8 Å². The van der Waals surface area contributed by atoms with E-state index in [1.165, 1.54) is 30.5 Å². The second kappa shape index (κ2) is 8.21. The molecule has 0 fully saturated rings. The molecule has 0 saturated carbocycles. The average molecular weight is 392 g/mol. The van der Waals surface area contributed by atoms with Crippen LogP contribution in [-0.2, 0) is 0 Å². The minimum absolute atomic E-state index is 0.0747. The molecule has 0 heterocycles. The minimum Gasteiger partial charge on any atom is -0.493 e. The number of hydrazone groups is 1. The van der Waals surface area contributed by atoms with Crippen molar-refractivity contribution in [1.82, 2.24) is 5.43 Å². The van der Waals surface area contributed by atoms with Gasteiger partial charge in [0.1, 0.15) is 5.75 Å². The summed E-state index contributed by atoms with van der Waals surface area (Å²) in [6.45, 7) is 2.47. The van der Waals surface area contributed by atoms with Crippen LogP contribution in [0.2, 0.25) is 0 Å². The van der Waals surface area contributed by atoms with Crippen molar-refractivity contribution in [2.24, 2.45) is 5.10 Å². The first-order valence-electron chi connectivity index (χ1n) is 7.01. The lowest BCUT2D eigenvalue weighted by Gasteiger charge is -2.05. The van der Waals surface area contributed by atoms with Crippen molar-refractivity contribution in [2.75, 3.05) is 6.61 Å². The molecule has 0 bridgehead atoms. The fourth-order valence-electron chi connectivity index (χ4n) is 1.83. The molecular formula is C16H14BrN3O4. The summed E-state index contributed by atoms with van der Waals surface area (Å²) in [6.07, 6.45) is 1.49. The van der Waals surface area contributed by atoms with Gasteiger partial charge in [0.25, 0.3) is 11.6 Å². The Morgan fingerprint density at radius 1 is 1.33 bits per heavy atom. The van der Waals surface area contributed by atoms with Crippen LogP contribution in [-0.4, -0.2) is 23.7 Å². The SMILES string of the molecule is CCOc1ccc(/C=N\NC(=O)c2ccc([N+](=O)[O-])cc2)cc1Br. The first-order chi connectivity index (χ1) is 11.5. The molecule has 0 unspecified atom stereocenters. The number of amides is 1. The van der Waals surface area contributed by atoms with Crippen molar-refractivity contribution in [3.63, 3.8) is 0 Å². The number of hydrogen-bond acceptors (Lipinski definition) is 5. The van der Waals surface area contributed by atoms with Crippen molar-refractivity contribution in [1.29, 1.82) is 0 Å². The number of carbonyl (C=O) groups excluding carboxylic acids is 1. The van der Waals surface area contributed by atoms with E-state index in [-0.39, 0.29) is 11.3 Å². The largest absolute Gasteiger partial charge is 0.493 e. The zero-order valence-corrected chi connectivity index (χ0v) is 14.3. The molecule has 2 aromatic carbocycles. The zero-order chi connectivity index (χ0) is 17.5. The van der Waals surface area contributed by atoms with Gasteiger partial charge in [0, 0.05) is 17.7 Å². The number of benzene rings is 2. The summed E-state index contributed by atoms with van der Waals surface area (Å²) in [7, 11) is 0. The van der Waals surface area contributed by atoms with Crippen LogP contribution < -0.4 is 10.2 Å². The van der Waals surface area contributed by atoms with Gasteiger partial charge in [-0.15, -0.1) is 0 Å². The molecule has 0 atom stereocenters. The number of nitrogens with one attached hydrogen (secondary N) is 1. The van der Waals surface area contributed by atoms with E-state index in [1.54, 1.807) is 12.1 Å². The van der Waals surface area contributed by atoms with Gasteiger partial charge in [-0.25, -0.2) is 5.43 Å². The molecule has 0 saturated heterocycles. The highest BCUT2D eigenvalue weighted by atomic mass is 79.9. The Kier molecular flexibility index (Phi) is 6.02. The van der Waals surface area contributed by atoms with E-state index in [4.69, 9.17) is 4.74 Å². The van der Waals surface area contributed by atoms with Crippen LogP contribution in [0, 0.1) is 10.1 Å². The normalized spacial score (nSPS) is 10.6. The van der Waals surface area contributed by atoms with Gasteiger partial charge in [-0.1, -0.05) is 0 Å². The lowest BCUT2D eigenvalue weighted by atomic mass is 10.2. The number of non-ortho nitro benzene ring substituents is 1. The fraction of sp³-hybridized carbons (Fsp3) is 0.125. The first kappa shape index (κ1) is 17.6. The van der Waals surface area contributed by atoms with E-state index in [9.17, 15) is 14.9 Å². The predicted octanol–water partition coefficient (Wildman–Crippen LogP) is 3.52. The van der Waals surface area contributed by atoms with Crippen LogP contribution in [0.15, 0.2) is 52.0 Å². The Morgan fingerprint density at radius 2 is 2.04 bits per heavy atom.